The maximum atomic E-state index is 13.0. The normalized spacial score (nSPS) is 20.8. The zero-order valence-corrected chi connectivity index (χ0v) is 11.8. The standard InChI is InChI=1S/C16H20N2O2/c1-2-11-18-13-8-4-3-7-12(13)14(19)17-16(15(18)20)9-5-6-10-16/h3-4,7-8H,2,5-6,9-11H2,1H3,(H,17,19). The average Bonchev–Trinajstić information content (AvgIpc) is 2.90. The number of fused-ring (bicyclic) bond motifs is 1. The molecule has 0 atom stereocenters. The lowest BCUT2D eigenvalue weighted by Crippen LogP contribution is -2.56. The van der Waals surface area contributed by atoms with Crippen molar-refractivity contribution in [2.75, 3.05) is 11.4 Å². The van der Waals surface area contributed by atoms with Crippen LogP contribution in [0.1, 0.15) is 49.4 Å². The number of nitrogens with zero attached hydrogens (tertiary/aromatic N) is 1. The number of hydrogen-bond acceptors (Lipinski definition) is 2. The van der Waals surface area contributed by atoms with E-state index < -0.39 is 5.54 Å². The van der Waals surface area contributed by atoms with Crippen LogP contribution in [0, 0.1) is 0 Å². The first kappa shape index (κ1) is 13.2. The lowest BCUT2D eigenvalue weighted by atomic mass is 9.95. The third-order valence-electron chi connectivity index (χ3n) is 4.35. The van der Waals surface area contributed by atoms with Crippen molar-refractivity contribution < 1.29 is 9.59 Å². The average molecular weight is 272 g/mol. The van der Waals surface area contributed by atoms with Crippen molar-refractivity contribution in [1.29, 1.82) is 0 Å². The SMILES string of the molecule is CCCN1C(=O)C2(CCCC2)NC(=O)c2ccccc21. The summed E-state index contributed by atoms with van der Waals surface area (Å²) in [4.78, 5) is 27.3. The monoisotopic (exact) mass is 272 g/mol. The lowest BCUT2D eigenvalue weighted by Gasteiger charge is -2.32. The van der Waals surface area contributed by atoms with Crippen LogP contribution in [-0.2, 0) is 4.79 Å². The van der Waals surface area contributed by atoms with Crippen molar-refractivity contribution in [3.05, 3.63) is 29.8 Å². The molecular formula is C16H20N2O2. The van der Waals surface area contributed by atoms with Gasteiger partial charge in [0.1, 0.15) is 5.54 Å². The van der Waals surface area contributed by atoms with E-state index in [1.807, 2.05) is 18.2 Å². The van der Waals surface area contributed by atoms with E-state index in [0.717, 1.165) is 37.8 Å². The summed E-state index contributed by atoms with van der Waals surface area (Å²) in [5.41, 5.74) is 0.685. The van der Waals surface area contributed by atoms with Crippen LogP contribution in [-0.4, -0.2) is 23.9 Å². The summed E-state index contributed by atoms with van der Waals surface area (Å²) in [6, 6.07) is 7.40. The van der Waals surface area contributed by atoms with Gasteiger partial charge in [-0.25, -0.2) is 0 Å². The highest BCUT2D eigenvalue weighted by molar-refractivity contribution is 6.12. The van der Waals surface area contributed by atoms with Crippen molar-refractivity contribution in [3.63, 3.8) is 0 Å². The molecule has 1 aromatic carbocycles. The van der Waals surface area contributed by atoms with Gasteiger partial charge in [-0.1, -0.05) is 31.9 Å². The van der Waals surface area contributed by atoms with Gasteiger partial charge >= 0.3 is 0 Å². The van der Waals surface area contributed by atoms with Gasteiger partial charge in [0, 0.05) is 6.54 Å². The molecule has 1 aromatic rings. The summed E-state index contributed by atoms with van der Waals surface area (Å²) in [5, 5.41) is 3.02. The minimum atomic E-state index is -0.675. The van der Waals surface area contributed by atoms with Gasteiger partial charge in [-0.3, -0.25) is 9.59 Å². The van der Waals surface area contributed by atoms with Gasteiger partial charge in [-0.2, -0.15) is 0 Å². The predicted molar refractivity (Wildman–Crippen MR) is 77.8 cm³/mol. The number of hydrogen-bond donors (Lipinski definition) is 1. The molecule has 0 unspecified atom stereocenters. The van der Waals surface area contributed by atoms with E-state index in [1.54, 1.807) is 11.0 Å². The van der Waals surface area contributed by atoms with Crippen LogP contribution in [0.4, 0.5) is 5.69 Å². The molecule has 1 spiro atoms. The van der Waals surface area contributed by atoms with E-state index in [1.165, 1.54) is 0 Å². The summed E-state index contributed by atoms with van der Waals surface area (Å²) < 4.78 is 0. The molecule has 1 aliphatic carbocycles. The first-order chi connectivity index (χ1) is 9.68. The number of nitrogens with one attached hydrogen (secondary N) is 1. The largest absolute Gasteiger partial charge is 0.338 e. The van der Waals surface area contributed by atoms with Gasteiger partial charge in [-0.05, 0) is 31.4 Å². The highest BCUT2D eigenvalue weighted by Crippen LogP contribution is 2.36. The number of anilines is 1. The first-order valence-electron chi connectivity index (χ1n) is 7.41. The quantitative estimate of drug-likeness (QED) is 0.899. The molecule has 1 aliphatic heterocycles. The molecule has 0 bridgehead atoms. The van der Waals surface area contributed by atoms with Gasteiger partial charge in [-0.15, -0.1) is 0 Å². The summed E-state index contributed by atoms with van der Waals surface area (Å²) >= 11 is 0. The van der Waals surface area contributed by atoms with Gasteiger partial charge in [0.25, 0.3) is 11.8 Å². The number of carbonyl (C=O) groups is 2. The van der Waals surface area contributed by atoms with E-state index in [2.05, 4.69) is 12.2 Å². The molecule has 2 amide bonds. The fraction of sp³-hybridized carbons (Fsp3) is 0.500. The van der Waals surface area contributed by atoms with E-state index >= 15 is 0 Å². The Morgan fingerprint density at radius 3 is 2.60 bits per heavy atom. The Kier molecular flexibility index (Phi) is 3.24. The van der Waals surface area contributed by atoms with Crippen LogP contribution in [0.15, 0.2) is 24.3 Å². The minimum Gasteiger partial charge on any atom is -0.338 e. The van der Waals surface area contributed by atoms with Crippen LogP contribution >= 0.6 is 0 Å². The number of amides is 2. The Hall–Kier alpha value is -1.84. The van der Waals surface area contributed by atoms with Crippen molar-refractivity contribution in [2.24, 2.45) is 0 Å². The number of para-hydroxylation sites is 1. The van der Waals surface area contributed by atoms with Gasteiger partial charge in [0.05, 0.1) is 11.3 Å². The number of carbonyl (C=O) groups excluding carboxylic acids is 2. The highest BCUT2D eigenvalue weighted by Gasteiger charge is 2.47. The molecule has 1 saturated carbocycles. The summed E-state index contributed by atoms with van der Waals surface area (Å²) in [5.74, 6) is -0.0513. The molecule has 1 N–H and O–H groups in total. The fourth-order valence-corrected chi connectivity index (χ4v) is 3.37. The molecule has 4 nitrogen and oxygen atoms in total. The first-order valence-corrected chi connectivity index (χ1v) is 7.41. The highest BCUT2D eigenvalue weighted by atomic mass is 16.2. The number of rotatable bonds is 2. The maximum absolute atomic E-state index is 13.0. The molecule has 0 aromatic heterocycles. The predicted octanol–water partition coefficient (Wildman–Crippen LogP) is 2.49. The van der Waals surface area contributed by atoms with Crippen molar-refractivity contribution in [2.45, 2.75) is 44.6 Å². The van der Waals surface area contributed by atoms with Crippen LogP contribution in [0.25, 0.3) is 0 Å². The van der Waals surface area contributed by atoms with Crippen LogP contribution in [0.5, 0.6) is 0 Å². The van der Waals surface area contributed by atoms with E-state index in [0.29, 0.717) is 12.1 Å². The molecule has 106 valence electrons. The smallest absolute Gasteiger partial charge is 0.254 e. The van der Waals surface area contributed by atoms with Crippen molar-refractivity contribution >= 4 is 17.5 Å². The third-order valence-corrected chi connectivity index (χ3v) is 4.35. The van der Waals surface area contributed by atoms with Crippen molar-refractivity contribution in [1.82, 2.24) is 5.32 Å². The minimum absolute atomic E-state index is 0.0650. The molecule has 1 fully saturated rings. The van der Waals surface area contributed by atoms with Gasteiger partial charge in [0.2, 0.25) is 0 Å². The zero-order valence-electron chi connectivity index (χ0n) is 11.8. The van der Waals surface area contributed by atoms with Gasteiger partial charge < -0.3 is 10.2 Å². The molecule has 20 heavy (non-hydrogen) atoms. The Labute approximate surface area is 119 Å². The third kappa shape index (κ3) is 1.90. The molecule has 0 radical (unpaired) electrons. The Morgan fingerprint density at radius 2 is 1.90 bits per heavy atom. The van der Waals surface area contributed by atoms with Crippen LogP contribution in [0.2, 0.25) is 0 Å². The fourth-order valence-electron chi connectivity index (χ4n) is 3.37. The van der Waals surface area contributed by atoms with Crippen LogP contribution in [0.3, 0.4) is 0 Å². The Bertz CT molecular complexity index is 547. The van der Waals surface area contributed by atoms with Crippen molar-refractivity contribution in [3.8, 4) is 0 Å². The summed E-state index contributed by atoms with van der Waals surface area (Å²) in [6.07, 6.45) is 4.40. The second-order valence-electron chi connectivity index (χ2n) is 5.72. The van der Waals surface area contributed by atoms with E-state index in [4.69, 9.17) is 0 Å². The summed E-state index contributed by atoms with van der Waals surface area (Å²) in [7, 11) is 0. The molecule has 1 heterocycles. The zero-order chi connectivity index (χ0) is 14.2. The Balaban J connectivity index is 2.11. The Morgan fingerprint density at radius 1 is 1.20 bits per heavy atom. The van der Waals surface area contributed by atoms with E-state index in [-0.39, 0.29) is 11.8 Å². The molecule has 0 saturated heterocycles. The summed E-state index contributed by atoms with van der Waals surface area (Å²) in [6.45, 7) is 2.71. The lowest BCUT2D eigenvalue weighted by molar-refractivity contribution is -0.124. The van der Waals surface area contributed by atoms with Crippen LogP contribution < -0.4 is 10.2 Å². The molecule has 4 heteroatoms. The maximum Gasteiger partial charge on any atom is 0.254 e. The van der Waals surface area contributed by atoms with E-state index in [9.17, 15) is 9.59 Å². The molecule has 3 rings (SSSR count). The second kappa shape index (κ2) is 4.93. The number of benzene rings is 1. The molecular weight excluding hydrogens is 252 g/mol. The topological polar surface area (TPSA) is 49.4 Å². The molecule has 2 aliphatic rings. The van der Waals surface area contributed by atoms with Gasteiger partial charge in [0.15, 0.2) is 0 Å². The second-order valence-corrected chi connectivity index (χ2v) is 5.72.